The van der Waals surface area contributed by atoms with Crippen LogP contribution in [0.4, 0.5) is 8.78 Å². The molecule has 1 aliphatic rings. The zero-order valence-electron chi connectivity index (χ0n) is 13.9. The molecule has 3 rings (SSSR count). The molecule has 0 unspecified atom stereocenters. The van der Waals surface area contributed by atoms with Crippen molar-refractivity contribution in [2.45, 2.75) is 4.90 Å². The van der Waals surface area contributed by atoms with Gasteiger partial charge in [0.25, 0.3) is 5.91 Å². The Hall–Kier alpha value is -2.23. The zero-order chi connectivity index (χ0) is 19.8. The van der Waals surface area contributed by atoms with Crippen molar-refractivity contribution in [3.8, 4) is 5.75 Å². The van der Waals surface area contributed by atoms with Crippen molar-refractivity contribution in [1.82, 2.24) is 9.21 Å². The van der Waals surface area contributed by atoms with Crippen LogP contribution in [0, 0.1) is 11.6 Å². The molecular formula is C17H15ClF2N2O4S. The Morgan fingerprint density at radius 1 is 1.00 bits per heavy atom. The normalized spacial score (nSPS) is 15.7. The van der Waals surface area contributed by atoms with Gasteiger partial charge in [0.1, 0.15) is 5.75 Å². The number of benzene rings is 2. The summed E-state index contributed by atoms with van der Waals surface area (Å²) in [6, 6.07) is 6.47. The van der Waals surface area contributed by atoms with Gasteiger partial charge in [-0.2, -0.15) is 4.31 Å². The topological polar surface area (TPSA) is 77.9 Å². The number of rotatable bonds is 3. The molecule has 2 aromatic rings. The molecule has 1 fully saturated rings. The maximum absolute atomic E-state index is 13.4. The maximum atomic E-state index is 13.4. The third kappa shape index (κ3) is 3.90. The number of amides is 1. The average molecular weight is 417 g/mol. The molecule has 0 aromatic heterocycles. The SMILES string of the molecule is O=C(c1cc(Cl)ccc1O)N1CCN(S(=O)(=O)c2ccc(F)c(F)c2)CC1. The van der Waals surface area contributed by atoms with Gasteiger partial charge in [0.05, 0.1) is 10.5 Å². The molecule has 2 aromatic carbocycles. The van der Waals surface area contributed by atoms with Crippen LogP contribution in [0.1, 0.15) is 10.4 Å². The summed E-state index contributed by atoms with van der Waals surface area (Å²) in [6.45, 7) is 0.115. The predicted molar refractivity (Wildman–Crippen MR) is 94.1 cm³/mol. The first kappa shape index (κ1) is 19.5. The summed E-state index contributed by atoms with van der Waals surface area (Å²) >= 11 is 5.85. The lowest BCUT2D eigenvalue weighted by Gasteiger charge is -2.34. The summed E-state index contributed by atoms with van der Waals surface area (Å²) in [4.78, 5) is 13.6. The largest absolute Gasteiger partial charge is 0.507 e. The van der Waals surface area contributed by atoms with Crippen LogP contribution in [0.15, 0.2) is 41.3 Å². The number of halogens is 3. The Labute approximate surface area is 159 Å². The van der Waals surface area contributed by atoms with Gasteiger partial charge in [-0.1, -0.05) is 11.6 Å². The second kappa shape index (κ2) is 7.41. The van der Waals surface area contributed by atoms with Crippen LogP contribution in [0.2, 0.25) is 5.02 Å². The third-order valence-corrected chi connectivity index (χ3v) is 6.37. The van der Waals surface area contributed by atoms with Crippen molar-refractivity contribution in [3.63, 3.8) is 0 Å². The lowest BCUT2D eigenvalue weighted by molar-refractivity contribution is 0.0695. The number of hydrogen-bond donors (Lipinski definition) is 1. The van der Waals surface area contributed by atoms with E-state index >= 15 is 0 Å². The van der Waals surface area contributed by atoms with Gasteiger partial charge in [0, 0.05) is 31.2 Å². The molecule has 0 atom stereocenters. The van der Waals surface area contributed by atoms with E-state index in [1.807, 2.05) is 0 Å². The van der Waals surface area contributed by atoms with E-state index in [9.17, 15) is 27.1 Å². The maximum Gasteiger partial charge on any atom is 0.257 e. The summed E-state index contributed by atoms with van der Waals surface area (Å²) < 4.78 is 52.6. The van der Waals surface area contributed by atoms with Crippen molar-refractivity contribution in [1.29, 1.82) is 0 Å². The number of nitrogens with zero attached hydrogens (tertiary/aromatic N) is 2. The summed E-state index contributed by atoms with van der Waals surface area (Å²) in [5.41, 5.74) is 0.0272. The molecule has 1 heterocycles. The molecule has 1 N–H and O–H groups in total. The van der Waals surface area contributed by atoms with Gasteiger partial charge in [-0.3, -0.25) is 4.79 Å². The molecule has 6 nitrogen and oxygen atoms in total. The summed E-state index contributed by atoms with van der Waals surface area (Å²) in [7, 11) is -4.01. The van der Waals surface area contributed by atoms with E-state index in [4.69, 9.17) is 11.6 Å². The number of phenols is 1. The number of carbonyl (C=O) groups is 1. The highest BCUT2D eigenvalue weighted by atomic mass is 35.5. The van der Waals surface area contributed by atoms with Crippen LogP contribution >= 0.6 is 11.6 Å². The van der Waals surface area contributed by atoms with E-state index in [-0.39, 0.29) is 47.4 Å². The van der Waals surface area contributed by atoms with Crippen LogP contribution in [0.25, 0.3) is 0 Å². The molecule has 0 spiro atoms. The van der Waals surface area contributed by atoms with E-state index in [1.54, 1.807) is 0 Å². The molecular weight excluding hydrogens is 402 g/mol. The fraction of sp³-hybridized carbons (Fsp3) is 0.235. The molecule has 0 radical (unpaired) electrons. The number of phenolic OH excluding ortho intramolecular Hbond substituents is 1. The number of piperazine rings is 1. The summed E-state index contributed by atoms with van der Waals surface area (Å²) in [5.74, 6) is -3.08. The molecule has 1 aliphatic heterocycles. The predicted octanol–water partition coefficient (Wildman–Crippen LogP) is 2.47. The average Bonchev–Trinajstić information content (AvgIpc) is 2.65. The molecule has 27 heavy (non-hydrogen) atoms. The fourth-order valence-corrected chi connectivity index (χ4v) is 4.37. The van der Waals surface area contributed by atoms with Gasteiger partial charge in [0.2, 0.25) is 10.0 Å². The quantitative estimate of drug-likeness (QED) is 0.833. The smallest absolute Gasteiger partial charge is 0.257 e. The Balaban J connectivity index is 1.73. The van der Waals surface area contributed by atoms with Crippen LogP contribution in [-0.2, 0) is 10.0 Å². The molecule has 0 saturated carbocycles. The first-order valence-electron chi connectivity index (χ1n) is 7.93. The van der Waals surface area contributed by atoms with Crippen LogP contribution < -0.4 is 0 Å². The van der Waals surface area contributed by atoms with Gasteiger partial charge in [-0.05, 0) is 36.4 Å². The van der Waals surface area contributed by atoms with Gasteiger partial charge < -0.3 is 10.0 Å². The second-order valence-electron chi connectivity index (χ2n) is 5.93. The summed E-state index contributed by atoms with van der Waals surface area (Å²) in [5, 5.41) is 10.1. The van der Waals surface area contributed by atoms with E-state index in [1.165, 1.54) is 23.1 Å². The number of carbonyl (C=O) groups excluding carboxylic acids is 1. The second-order valence-corrected chi connectivity index (χ2v) is 8.31. The molecule has 144 valence electrons. The van der Waals surface area contributed by atoms with Gasteiger partial charge in [-0.15, -0.1) is 0 Å². The van der Waals surface area contributed by atoms with Crippen LogP contribution in [0.5, 0.6) is 5.75 Å². The Bertz CT molecular complexity index is 992. The lowest BCUT2D eigenvalue weighted by atomic mass is 10.1. The molecule has 1 amide bonds. The Morgan fingerprint density at radius 2 is 1.67 bits per heavy atom. The molecule has 10 heteroatoms. The number of aromatic hydroxyl groups is 1. The van der Waals surface area contributed by atoms with Crippen molar-refractivity contribution in [2.24, 2.45) is 0 Å². The van der Waals surface area contributed by atoms with Crippen LogP contribution in [0.3, 0.4) is 0 Å². The molecule has 0 bridgehead atoms. The standard InChI is InChI=1S/C17H15ClF2N2O4S/c18-11-1-4-16(23)13(9-11)17(24)21-5-7-22(8-6-21)27(25,26)12-2-3-14(19)15(20)10-12/h1-4,9-10,23H,5-8H2. The summed E-state index contributed by atoms with van der Waals surface area (Å²) in [6.07, 6.45) is 0. The highest BCUT2D eigenvalue weighted by molar-refractivity contribution is 7.89. The third-order valence-electron chi connectivity index (χ3n) is 4.24. The monoisotopic (exact) mass is 416 g/mol. The minimum atomic E-state index is -4.01. The lowest BCUT2D eigenvalue weighted by Crippen LogP contribution is -2.50. The van der Waals surface area contributed by atoms with E-state index in [2.05, 4.69) is 0 Å². The van der Waals surface area contributed by atoms with Gasteiger partial charge >= 0.3 is 0 Å². The van der Waals surface area contributed by atoms with Crippen molar-refractivity contribution < 1.29 is 27.1 Å². The molecule has 0 aliphatic carbocycles. The minimum absolute atomic E-state index is 0.0194. The Morgan fingerprint density at radius 3 is 2.30 bits per heavy atom. The fourth-order valence-electron chi connectivity index (χ4n) is 2.77. The zero-order valence-corrected chi connectivity index (χ0v) is 15.5. The van der Waals surface area contributed by atoms with Gasteiger partial charge in [0.15, 0.2) is 11.6 Å². The highest BCUT2D eigenvalue weighted by Crippen LogP contribution is 2.25. The van der Waals surface area contributed by atoms with E-state index in [0.717, 1.165) is 16.4 Å². The highest BCUT2D eigenvalue weighted by Gasteiger charge is 2.31. The number of sulfonamides is 1. The van der Waals surface area contributed by atoms with Gasteiger partial charge in [-0.25, -0.2) is 17.2 Å². The van der Waals surface area contributed by atoms with Crippen LogP contribution in [-0.4, -0.2) is 54.8 Å². The molecule has 1 saturated heterocycles. The van der Waals surface area contributed by atoms with Crippen molar-refractivity contribution in [3.05, 3.63) is 58.6 Å². The van der Waals surface area contributed by atoms with Crippen molar-refractivity contribution in [2.75, 3.05) is 26.2 Å². The Kier molecular flexibility index (Phi) is 5.36. The minimum Gasteiger partial charge on any atom is -0.507 e. The van der Waals surface area contributed by atoms with E-state index < -0.39 is 27.6 Å². The first-order valence-corrected chi connectivity index (χ1v) is 9.75. The van der Waals surface area contributed by atoms with E-state index in [0.29, 0.717) is 6.07 Å². The number of hydrogen-bond acceptors (Lipinski definition) is 4. The first-order chi connectivity index (χ1) is 12.7. The van der Waals surface area contributed by atoms with Crippen molar-refractivity contribution >= 4 is 27.5 Å².